The highest BCUT2D eigenvalue weighted by atomic mass is 15.2. The van der Waals surface area contributed by atoms with Crippen LogP contribution in [0.3, 0.4) is 0 Å². The zero-order valence-electron chi connectivity index (χ0n) is 10.2. The van der Waals surface area contributed by atoms with Gasteiger partial charge in [0.25, 0.3) is 0 Å². The van der Waals surface area contributed by atoms with Crippen molar-refractivity contribution in [1.29, 1.82) is 0 Å². The van der Waals surface area contributed by atoms with E-state index in [0.717, 1.165) is 12.0 Å². The number of nitrogens with zero attached hydrogens (tertiary/aromatic N) is 1. The van der Waals surface area contributed by atoms with Crippen molar-refractivity contribution in [3.05, 3.63) is 0 Å². The first-order valence-electron chi connectivity index (χ1n) is 6.81. The lowest BCUT2D eigenvalue weighted by atomic mass is 9.87. The molecule has 1 heterocycles. The van der Waals surface area contributed by atoms with Crippen molar-refractivity contribution in [3.63, 3.8) is 0 Å². The zero-order valence-corrected chi connectivity index (χ0v) is 10.2. The molecule has 1 aliphatic carbocycles. The summed E-state index contributed by atoms with van der Waals surface area (Å²) in [5, 5.41) is 3.46. The molecule has 2 aliphatic rings. The fourth-order valence-corrected chi connectivity index (χ4v) is 3.04. The Kier molecular flexibility index (Phi) is 4.45. The minimum absolute atomic E-state index is 0.752. The van der Waals surface area contributed by atoms with E-state index in [2.05, 4.69) is 17.1 Å². The van der Waals surface area contributed by atoms with Gasteiger partial charge in [-0.05, 0) is 25.8 Å². The van der Waals surface area contributed by atoms with Crippen molar-refractivity contribution in [2.45, 2.75) is 51.5 Å². The molecule has 0 radical (unpaired) electrons. The summed E-state index contributed by atoms with van der Waals surface area (Å²) in [6, 6.07) is 0.752. The van der Waals surface area contributed by atoms with E-state index in [4.69, 9.17) is 0 Å². The fourth-order valence-electron chi connectivity index (χ4n) is 3.04. The van der Waals surface area contributed by atoms with Crippen molar-refractivity contribution in [1.82, 2.24) is 10.2 Å². The maximum absolute atomic E-state index is 3.46. The standard InChI is InChI=1S/C13H26N2/c1-12-11-14-8-10-15(12)9-7-13-5-3-2-4-6-13/h12-14H,2-11H2,1H3. The Labute approximate surface area is 94.4 Å². The Bertz CT molecular complexity index is 175. The number of piperazine rings is 1. The second-order valence-electron chi connectivity index (χ2n) is 5.38. The summed E-state index contributed by atoms with van der Waals surface area (Å²) in [4.78, 5) is 2.67. The van der Waals surface area contributed by atoms with Crippen LogP contribution in [0.5, 0.6) is 0 Å². The summed E-state index contributed by atoms with van der Waals surface area (Å²) in [5.74, 6) is 1.04. The van der Waals surface area contributed by atoms with E-state index in [0.29, 0.717) is 0 Å². The number of hydrogen-bond acceptors (Lipinski definition) is 2. The molecular formula is C13H26N2. The van der Waals surface area contributed by atoms with Gasteiger partial charge in [0.15, 0.2) is 0 Å². The lowest BCUT2D eigenvalue weighted by Gasteiger charge is -2.35. The van der Waals surface area contributed by atoms with Crippen LogP contribution in [0, 0.1) is 5.92 Å². The predicted molar refractivity (Wildman–Crippen MR) is 65.1 cm³/mol. The number of hydrogen-bond donors (Lipinski definition) is 1. The topological polar surface area (TPSA) is 15.3 Å². The largest absolute Gasteiger partial charge is 0.314 e. The van der Waals surface area contributed by atoms with Gasteiger partial charge in [0.2, 0.25) is 0 Å². The molecule has 1 saturated carbocycles. The van der Waals surface area contributed by atoms with Gasteiger partial charge in [-0.1, -0.05) is 32.1 Å². The van der Waals surface area contributed by atoms with E-state index in [1.54, 1.807) is 0 Å². The minimum Gasteiger partial charge on any atom is -0.314 e. The van der Waals surface area contributed by atoms with E-state index in [1.165, 1.54) is 64.7 Å². The van der Waals surface area contributed by atoms with Gasteiger partial charge in [-0.2, -0.15) is 0 Å². The summed E-state index contributed by atoms with van der Waals surface area (Å²) < 4.78 is 0. The maximum Gasteiger partial charge on any atom is 0.0192 e. The Hall–Kier alpha value is -0.0800. The highest BCUT2D eigenvalue weighted by molar-refractivity contribution is 4.77. The van der Waals surface area contributed by atoms with Crippen molar-refractivity contribution in [3.8, 4) is 0 Å². The third-order valence-corrected chi connectivity index (χ3v) is 4.19. The molecule has 2 rings (SSSR count). The molecular weight excluding hydrogens is 184 g/mol. The Morgan fingerprint density at radius 3 is 2.73 bits per heavy atom. The van der Waals surface area contributed by atoms with Gasteiger partial charge in [-0.3, -0.25) is 4.90 Å². The van der Waals surface area contributed by atoms with Gasteiger partial charge in [-0.15, -0.1) is 0 Å². The highest BCUT2D eigenvalue weighted by Gasteiger charge is 2.19. The van der Waals surface area contributed by atoms with E-state index in [9.17, 15) is 0 Å². The first kappa shape index (κ1) is 11.4. The molecule has 15 heavy (non-hydrogen) atoms. The van der Waals surface area contributed by atoms with Crippen molar-refractivity contribution < 1.29 is 0 Å². The van der Waals surface area contributed by atoms with E-state index in [-0.39, 0.29) is 0 Å². The Morgan fingerprint density at radius 1 is 1.20 bits per heavy atom. The zero-order chi connectivity index (χ0) is 10.5. The molecule has 88 valence electrons. The monoisotopic (exact) mass is 210 g/mol. The highest BCUT2D eigenvalue weighted by Crippen LogP contribution is 2.26. The fraction of sp³-hybridized carbons (Fsp3) is 1.00. The van der Waals surface area contributed by atoms with Gasteiger partial charge in [-0.25, -0.2) is 0 Å². The Balaban J connectivity index is 1.67. The molecule has 0 amide bonds. The smallest absolute Gasteiger partial charge is 0.0192 e. The van der Waals surface area contributed by atoms with Crippen LogP contribution in [0.15, 0.2) is 0 Å². The van der Waals surface area contributed by atoms with Gasteiger partial charge >= 0.3 is 0 Å². The van der Waals surface area contributed by atoms with Crippen LogP contribution in [-0.4, -0.2) is 37.1 Å². The normalized spacial score (nSPS) is 30.6. The molecule has 1 aliphatic heterocycles. The molecule has 1 saturated heterocycles. The van der Waals surface area contributed by atoms with Crippen molar-refractivity contribution >= 4 is 0 Å². The van der Waals surface area contributed by atoms with Crippen LogP contribution in [0.4, 0.5) is 0 Å². The summed E-state index contributed by atoms with van der Waals surface area (Å²) in [6.07, 6.45) is 8.91. The minimum atomic E-state index is 0.752. The predicted octanol–water partition coefficient (Wildman–Crippen LogP) is 2.25. The SMILES string of the molecule is CC1CNCCN1CCC1CCCCC1. The maximum atomic E-state index is 3.46. The van der Waals surface area contributed by atoms with Gasteiger partial charge < -0.3 is 5.32 Å². The summed E-state index contributed by atoms with van der Waals surface area (Å²) in [7, 11) is 0. The van der Waals surface area contributed by atoms with Crippen LogP contribution >= 0.6 is 0 Å². The van der Waals surface area contributed by atoms with Gasteiger partial charge in [0, 0.05) is 25.7 Å². The molecule has 1 N–H and O–H groups in total. The molecule has 0 aromatic rings. The van der Waals surface area contributed by atoms with Gasteiger partial charge in [0.05, 0.1) is 0 Å². The first-order chi connectivity index (χ1) is 7.36. The number of rotatable bonds is 3. The third-order valence-electron chi connectivity index (χ3n) is 4.19. The second kappa shape index (κ2) is 5.86. The van der Waals surface area contributed by atoms with E-state index in [1.807, 2.05) is 0 Å². The molecule has 1 atom stereocenters. The van der Waals surface area contributed by atoms with Crippen LogP contribution < -0.4 is 5.32 Å². The lowest BCUT2D eigenvalue weighted by molar-refractivity contribution is 0.156. The molecule has 2 heteroatoms. The number of nitrogens with one attached hydrogen (secondary N) is 1. The van der Waals surface area contributed by atoms with E-state index >= 15 is 0 Å². The molecule has 0 aromatic heterocycles. The van der Waals surface area contributed by atoms with Crippen LogP contribution in [0.1, 0.15) is 45.4 Å². The molecule has 2 nitrogen and oxygen atoms in total. The van der Waals surface area contributed by atoms with Crippen molar-refractivity contribution in [2.24, 2.45) is 5.92 Å². The summed E-state index contributed by atoms with van der Waals surface area (Å²) in [6.45, 7) is 7.33. The molecule has 0 aromatic carbocycles. The van der Waals surface area contributed by atoms with Crippen LogP contribution in [-0.2, 0) is 0 Å². The first-order valence-corrected chi connectivity index (χ1v) is 6.81. The molecule has 0 spiro atoms. The second-order valence-corrected chi connectivity index (χ2v) is 5.38. The Morgan fingerprint density at radius 2 is 2.00 bits per heavy atom. The average molecular weight is 210 g/mol. The average Bonchev–Trinajstić information content (AvgIpc) is 2.29. The van der Waals surface area contributed by atoms with Crippen LogP contribution in [0.2, 0.25) is 0 Å². The lowest BCUT2D eigenvalue weighted by Crippen LogP contribution is -2.50. The quantitative estimate of drug-likeness (QED) is 0.768. The molecule has 0 bridgehead atoms. The summed E-state index contributed by atoms with van der Waals surface area (Å²) >= 11 is 0. The van der Waals surface area contributed by atoms with Crippen LogP contribution in [0.25, 0.3) is 0 Å². The third kappa shape index (κ3) is 3.46. The van der Waals surface area contributed by atoms with Gasteiger partial charge in [0.1, 0.15) is 0 Å². The summed E-state index contributed by atoms with van der Waals surface area (Å²) in [5.41, 5.74) is 0. The van der Waals surface area contributed by atoms with E-state index < -0.39 is 0 Å². The van der Waals surface area contributed by atoms with Crippen molar-refractivity contribution in [2.75, 3.05) is 26.2 Å². The molecule has 1 unspecified atom stereocenters. The molecule has 2 fully saturated rings.